The third-order valence-electron chi connectivity index (χ3n) is 4.49. The molecule has 1 atom stereocenters. The van der Waals surface area contributed by atoms with Gasteiger partial charge in [0.25, 0.3) is 10.2 Å². The van der Waals surface area contributed by atoms with Gasteiger partial charge >= 0.3 is 0 Å². The normalized spacial score (nSPS) is 17.5. The van der Waals surface area contributed by atoms with Crippen molar-refractivity contribution in [3.63, 3.8) is 0 Å². The number of benzene rings is 1. The Labute approximate surface area is 156 Å². The van der Waals surface area contributed by atoms with Crippen molar-refractivity contribution in [1.29, 1.82) is 0 Å². The molecular formula is C18H30FN3O3S. The molecule has 148 valence electrons. The monoisotopic (exact) mass is 387 g/mol. The van der Waals surface area contributed by atoms with Crippen molar-refractivity contribution >= 4 is 10.2 Å². The van der Waals surface area contributed by atoms with Gasteiger partial charge in [0.15, 0.2) is 0 Å². The van der Waals surface area contributed by atoms with E-state index in [0.717, 1.165) is 31.5 Å². The number of morpholine rings is 1. The van der Waals surface area contributed by atoms with Gasteiger partial charge in [0.1, 0.15) is 5.82 Å². The van der Waals surface area contributed by atoms with Crippen LogP contribution in [0.2, 0.25) is 0 Å². The lowest BCUT2D eigenvalue weighted by atomic mass is 10.0. The summed E-state index contributed by atoms with van der Waals surface area (Å²) in [6.07, 6.45) is 1.54. The van der Waals surface area contributed by atoms with E-state index in [1.807, 2.05) is 13.8 Å². The highest BCUT2D eigenvalue weighted by Gasteiger charge is 2.26. The van der Waals surface area contributed by atoms with Crippen LogP contribution >= 0.6 is 0 Å². The summed E-state index contributed by atoms with van der Waals surface area (Å²) in [5, 5.41) is 0. The molecule has 0 aromatic heterocycles. The van der Waals surface area contributed by atoms with Crippen molar-refractivity contribution in [2.75, 3.05) is 45.9 Å². The topological polar surface area (TPSA) is 61.9 Å². The number of hydrogen-bond acceptors (Lipinski definition) is 4. The van der Waals surface area contributed by atoms with Crippen molar-refractivity contribution in [2.45, 2.75) is 32.7 Å². The van der Waals surface area contributed by atoms with Gasteiger partial charge in [0.2, 0.25) is 0 Å². The van der Waals surface area contributed by atoms with Gasteiger partial charge in [-0.2, -0.15) is 12.7 Å². The van der Waals surface area contributed by atoms with Gasteiger partial charge in [-0.05, 0) is 30.5 Å². The average Bonchev–Trinajstić information content (AvgIpc) is 2.64. The van der Waals surface area contributed by atoms with Crippen LogP contribution in [0.25, 0.3) is 0 Å². The number of ether oxygens (including phenoxy) is 1. The second-order valence-electron chi connectivity index (χ2n) is 6.47. The minimum Gasteiger partial charge on any atom is -0.379 e. The molecule has 0 aliphatic carbocycles. The van der Waals surface area contributed by atoms with Crippen LogP contribution in [0, 0.1) is 5.82 Å². The van der Waals surface area contributed by atoms with Crippen molar-refractivity contribution in [3.05, 3.63) is 35.6 Å². The lowest BCUT2D eigenvalue weighted by Gasteiger charge is -2.35. The van der Waals surface area contributed by atoms with Gasteiger partial charge in [0, 0.05) is 38.8 Å². The van der Waals surface area contributed by atoms with Crippen LogP contribution < -0.4 is 4.72 Å². The second-order valence-corrected chi connectivity index (χ2v) is 8.22. The van der Waals surface area contributed by atoms with Crippen molar-refractivity contribution in [3.8, 4) is 0 Å². The molecule has 1 aromatic rings. The summed E-state index contributed by atoms with van der Waals surface area (Å²) in [6.45, 7) is 7.85. The summed E-state index contributed by atoms with van der Waals surface area (Å²) < 4.78 is 48.3. The van der Waals surface area contributed by atoms with E-state index in [2.05, 4.69) is 9.62 Å². The van der Waals surface area contributed by atoms with E-state index in [1.54, 1.807) is 12.1 Å². The molecule has 0 radical (unpaired) electrons. The van der Waals surface area contributed by atoms with Gasteiger partial charge in [-0.1, -0.05) is 26.0 Å². The number of nitrogens with zero attached hydrogens (tertiary/aromatic N) is 2. The minimum absolute atomic E-state index is 0.153. The van der Waals surface area contributed by atoms with Crippen LogP contribution in [0.1, 0.15) is 38.3 Å². The first-order valence-electron chi connectivity index (χ1n) is 9.30. The fraction of sp³-hybridized carbons (Fsp3) is 0.667. The van der Waals surface area contributed by atoms with E-state index >= 15 is 0 Å². The first-order chi connectivity index (χ1) is 12.5. The molecule has 0 amide bonds. The molecule has 1 fully saturated rings. The van der Waals surface area contributed by atoms with Gasteiger partial charge in [-0.25, -0.2) is 9.11 Å². The molecule has 1 aliphatic heterocycles. The first kappa shape index (κ1) is 21.2. The molecule has 0 spiro atoms. The van der Waals surface area contributed by atoms with E-state index in [4.69, 9.17) is 4.74 Å². The molecule has 1 saturated heterocycles. The van der Waals surface area contributed by atoms with Crippen molar-refractivity contribution in [2.24, 2.45) is 0 Å². The number of hydrogen-bond donors (Lipinski definition) is 1. The molecular weight excluding hydrogens is 357 g/mol. The molecule has 0 bridgehead atoms. The molecule has 1 aromatic carbocycles. The van der Waals surface area contributed by atoms with Crippen molar-refractivity contribution in [1.82, 2.24) is 13.9 Å². The SMILES string of the molecule is CCCN(CCC)S(=O)(=O)NCC(c1ccc(F)cc1)N1CCOCC1. The molecule has 1 heterocycles. The smallest absolute Gasteiger partial charge is 0.279 e. The quantitative estimate of drug-likeness (QED) is 0.668. The fourth-order valence-corrected chi connectivity index (χ4v) is 4.56. The van der Waals surface area contributed by atoms with E-state index in [0.29, 0.717) is 26.3 Å². The molecule has 8 heteroatoms. The second kappa shape index (κ2) is 10.3. The van der Waals surface area contributed by atoms with Crippen LogP contribution in [-0.2, 0) is 14.9 Å². The zero-order valence-corrected chi connectivity index (χ0v) is 16.5. The van der Waals surface area contributed by atoms with Gasteiger partial charge in [0.05, 0.1) is 13.2 Å². The van der Waals surface area contributed by atoms with E-state index in [1.165, 1.54) is 16.4 Å². The molecule has 1 unspecified atom stereocenters. The summed E-state index contributed by atoms with van der Waals surface area (Å²) in [5.41, 5.74) is 0.897. The molecule has 6 nitrogen and oxygen atoms in total. The van der Waals surface area contributed by atoms with Crippen molar-refractivity contribution < 1.29 is 17.5 Å². The Hall–Kier alpha value is -1.06. The van der Waals surface area contributed by atoms with Crippen LogP contribution in [0.4, 0.5) is 4.39 Å². The lowest BCUT2D eigenvalue weighted by molar-refractivity contribution is 0.0171. The highest BCUT2D eigenvalue weighted by molar-refractivity contribution is 7.87. The summed E-state index contributed by atoms with van der Waals surface area (Å²) in [5.74, 6) is -0.299. The van der Waals surface area contributed by atoms with Gasteiger partial charge in [-0.15, -0.1) is 0 Å². The maximum Gasteiger partial charge on any atom is 0.279 e. The Bertz CT molecular complexity index is 628. The summed E-state index contributed by atoms with van der Waals surface area (Å²) in [4.78, 5) is 2.18. The third-order valence-corrected chi connectivity index (χ3v) is 6.06. The van der Waals surface area contributed by atoms with Crippen LogP contribution in [0.5, 0.6) is 0 Å². The highest BCUT2D eigenvalue weighted by Crippen LogP contribution is 2.22. The average molecular weight is 388 g/mol. The lowest BCUT2D eigenvalue weighted by Crippen LogP contribution is -2.47. The van der Waals surface area contributed by atoms with E-state index in [9.17, 15) is 12.8 Å². The van der Waals surface area contributed by atoms with Gasteiger partial charge in [-0.3, -0.25) is 4.90 Å². The number of halogens is 1. The zero-order chi connectivity index (χ0) is 19.0. The van der Waals surface area contributed by atoms with Crippen LogP contribution in [0.3, 0.4) is 0 Å². The maximum atomic E-state index is 13.3. The molecule has 26 heavy (non-hydrogen) atoms. The molecule has 0 saturated carbocycles. The Morgan fingerprint density at radius 1 is 1.15 bits per heavy atom. The number of nitrogens with one attached hydrogen (secondary N) is 1. The highest BCUT2D eigenvalue weighted by atomic mass is 32.2. The van der Waals surface area contributed by atoms with E-state index < -0.39 is 10.2 Å². The van der Waals surface area contributed by atoms with Crippen LogP contribution in [0.15, 0.2) is 24.3 Å². The summed E-state index contributed by atoms with van der Waals surface area (Å²) in [6, 6.07) is 6.12. The largest absolute Gasteiger partial charge is 0.379 e. The maximum absolute atomic E-state index is 13.3. The van der Waals surface area contributed by atoms with Crippen LogP contribution in [-0.4, -0.2) is 63.6 Å². The predicted molar refractivity (Wildman–Crippen MR) is 101 cm³/mol. The summed E-state index contributed by atoms with van der Waals surface area (Å²) in [7, 11) is -3.55. The predicted octanol–water partition coefficient (Wildman–Crippen LogP) is 2.16. The molecule has 1 N–H and O–H groups in total. The third kappa shape index (κ3) is 5.99. The standard InChI is InChI=1S/C18H30FN3O3S/c1-3-9-22(10-4-2)26(23,24)20-15-18(21-11-13-25-14-12-21)16-5-7-17(19)8-6-16/h5-8,18,20H,3-4,9-15H2,1-2H3. The number of rotatable bonds is 10. The van der Waals surface area contributed by atoms with Gasteiger partial charge < -0.3 is 4.74 Å². The zero-order valence-electron chi connectivity index (χ0n) is 15.7. The Morgan fingerprint density at radius 2 is 1.73 bits per heavy atom. The molecule has 1 aliphatic rings. The Morgan fingerprint density at radius 3 is 2.27 bits per heavy atom. The minimum atomic E-state index is -3.55. The summed E-state index contributed by atoms with van der Waals surface area (Å²) >= 11 is 0. The Balaban J connectivity index is 2.13. The van der Waals surface area contributed by atoms with E-state index in [-0.39, 0.29) is 18.4 Å². The fourth-order valence-electron chi connectivity index (χ4n) is 3.16. The Kier molecular flexibility index (Phi) is 8.43. The first-order valence-corrected chi connectivity index (χ1v) is 10.7. The molecule has 2 rings (SSSR count).